The number of urea groups is 1. The van der Waals surface area contributed by atoms with E-state index in [1.165, 1.54) is 18.4 Å². The molecular weight excluding hydrogens is 240 g/mol. The lowest BCUT2D eigenvalue weighted by molar-refractivity contribution is 0.0607. The smallest absolute Gasteiger partial charge is 0.350 e. The van der Waals surface area contributed by atoms with Crippen molar-refractivity contribution in [2.24, 2.45) is 0 Å². The van der Waals surface area contributed by atoms with Gasteiger partial charge >= 0.3 is 12.0 Å². The SMILES string of the molecule is COC(=O)c1scc(C)c1NC(=O)NC(C)C. The number of nitrogens with one attached hydrogen (secondary N) is 2. The number of rotatable bonds is 3. The lowest BCUT2D eigenvalue weighted by Crippen LogP contribution is -2.34. The number of hydrogen-bond acceptors (Lipinski definition) is 4. The van der Waals surface area contributed by atoms with Crippen LogP contribution < -0.4 is 10.6 Å². The van der Waals surface area contributed by atoms with E-state index < -0.39 is 5.97 Å². The van der Waals surface area contributed by atoms with E-state index >= 15 is 0 Å². The number of carbonyl (C=O) groups is 2. The topological polar surface area (TPSA) is 67.4 Å². The number of amides is 2. The van der Waals surface area contributed by atoms with Gasteiger partial charge in [-0.05, 0) is 31.7 Å². The minimum Gasteiger partial charge on any atom is -0.465 e. The van der Waals surface area contributed by atoms with Gasteiger partial charge in [0.1, 0.15) is 4.88 Å². The molecule has 0 fully saturated rings. The van der Waals surface area contributed by atoms with E-state index in [1.54, 1.807) is 5.38 Å². The zero-order chi connectivity index (χ0) is 13.0. The quantitative estimate of drug-likeness (QED) is 0.816. The summed E-state index contributed by atoms with van der Waals surface area (Å²) in [5, 5.41) is 7.16. The van der Waals surface area contributed by atoms with Crippen LogP contribution in [0.25, 0.3) is 0 Å². The van der Waals surface area contributed by atoms with Crippen LogP contribution in [0.3, 0.4) is 0 Å². The molecule has 1 aromatic heterocycles. The van der Waals surface area contributed by atoms with Gasteiger partial charge in [0.2, 0.25) is 0 Å². The predicted molar refractivity (Wildman–Crippen MR) is 67.7 cm³/mol. The zero-order valence-electron chi connectivity index (χ0n) is 10.3. The zero-order valence-corrected chi connectivity index (χ0v) is 11.1. The number of aryl methyl sites for hydroxylation is 1. The Hall–Kier alpha value is -1.56. The highest BCUT2D eigenvalue weighted by molar-refractivity contribution is 7.12. The Morgan fingerprint density at radius 1 is 1.41 bits per heavy atom. The minimum absolute atomic E-state index is 0.0375. The maximum absolute atomic E-state index is 11.6. The Morgan fingerprint density at radius 3 is 2.59 bits per heavy atom. The molecule has 0 atom stereocenters. The van der Waals surface area contributed by atoms with E-state index in [0.717, 1.165) is 5.56 Å². The minimum atomic E-state index is -0.442. The van der Waals surface area contributed by atoms with Crippen LogP contribution in [-0.2, 0) is 4.74 Å². The molecule has 0 aromatic carbocycles. The van der Waals surface area contributed by atoms with Crippen LogP contribution in [0.2, 0.25) is 0 Å². The second-order valence-corrected chi connectivity index (χ2v) is 4.75. The summed E-state index contributed by atoms with van der Waals surface area (Å²) >= 11 is 1.25. The molecule has 0 aliphatic heterocycles. The molecule has 0 aliphatic carbocycles. The van der Waals surface area contributed by atoms with Crippen LogP contribution in [0, 0.1) is 6.92 Å². The van der Waals surface area contributed by atoms with Gasteiger partial charge in [-0.1, -0.05) is 0 Å². The summed E-state index contributed by atoms with van der Waals surface area (Å²) in [5.41, 5.74) is 1.36. The van der Waals surface area contributed by atoms with Gasteiger partial charge in [-0.15, -0.1) is 11.3 Å². The molecule has 0 saturated carbocycles. The van der Waals surface area contributed by atoms with Crippen molar-refractivity contribution >= 4 is 29.0 Å². The fourth-order valence-electron chi connectivity index (χ4n) is 1.25. The number of anilines is 1. The molecule has 2 N–H and O–H groups in total. The highest BCUT2D eigenvalue weighted by Crippen LogP contribution is 2.28. The molecule has 94 valence electrons. The Morgan fingerprint density at radius 2 is 2.06 bits per heavy atom. The first-order chi connectivity index (χ1) is 7.95. The van der Waals surface area contributed by atoms with E-state index in [-0.39, 0.29) is 12.1 Å². The van der Waals surface area contributed by atoms with Crippen LogP contribution in [0.4, 0.5) is 10.5 Å². The van der Waals surface area contributed by atoms with Crippen LogP contribution in [0.5, 0.6) is 0 Å². The highest BCUT2D eigenvalue weighted by Gasteiger charge is 2.18. The largest absolute Gasteiger partial charge is 0.465 e. The third kappa shape index (κ3) is 3.45. The molecule has 0 saturated heterocycles. The van der Waals surface area contributed by atoms with Crippen molar-refractivity contribution in [2.75, 3.05) is 12.4 Å². The van der Waals surface area contributed by atoms with Crippen LogP contribution in [-0.4, -0.2) is 25.2 Å². The molecule has 1 rings (SSSR count). The lowest BCUT2D eigenvalue weighted by Gasteiger charge is -2.11. The van der Waals surface area contributed by atoms with Crippen LogP contribution in [0.1, 0.15) is 29.1 Å². The second kappa shape index (κ2) is 5.67. The Balaban J connectivity index is 2.86. The Labute approximate surface area is 104 Å². The molecule has 1 heterocycles. The summed E-state index contributed by atoms with van der Waals surface area (Å²) in [6.07, 6.45) is 0. The van der Waals surface area contributed by atoms with E-state index in [4.69, 9.17) is 0 Å². The van der Waals surface area contributed by atoms with E-state index in [9.17, 15) is 9.59 Å². The standard InChI is InChI=1S/C11H16N2O3S/c1-6(2)12-11(15)13-8-7(3)5-17-9(8)10(14)16-4/h5-6H,1-4H3,(H2,12,13,15). The predicted octanol–water partition coefficient (Wildman–Crippen LogP) is 2.37. The van der Waals surface area contributed by atoms with Crippen LogP contribution >= 0.6 is 11.3 Å². The molecule has 0 spiro atoms. The number of esters is 1. The molecule has 0 unspecified atom stereocenters. The summed E-state index contributed by atoms with van der Waals surface area (Å²) in [6, 6.07) is -0.290. The number of ether oxygens (including phenoxy) is 1. The van der Waals surface area contributed by atoms with E-state index in [0.29, 0.717) is 10.6 Å². The molecule has 0 aliphatic rings. The van der Waals surface area contributed by atoms with Gasteiger partial charge in [-0.25, -0.2) is 9.59 Å². The molecule has 0 radical (unpaired) electrons. The lowest BCUT2D eigenvalue weighted by atomic mass is 10.2. The molecule has 0 bridgehead atoms. The van der Waals surface area contributed by atoms with Crippen molar-refractivity contribution in [1.29, 1.82) is 0 Å². The molecular formula is C11H16N2O3S. The average Bonchev–Trinajstić information content (AvgIpc) is 2.58. The van der Waals surface area contributed by atoms with Gasteiger partial charge in [0.05, 0.1) is 12.8 Å². The number of methoxy groups -OCH3 is 1. The van der Waals surface area contributed by atoms with Crippen molar-refractivity contribution < 1.29 is 14.3 Å². The Kier molecular flexibility index (Phi) is 4.51. The van der Waals surface area contributed by atoms with Gasteiger partial charge in [-0.2, -0.15) is 0 Å². The first kappa shape index (κ1) is 13.5. The maximum Gasteiger partial charge on any atom is 0.350 e. The van der Waals surface area contributed by atoms with Crippen LogP contribution in [0.15, 0.2) is 5.38 Å². The van der Waals surface area contributed by atoms with Gasteiger partial charge in [-0.3, -0.25) is 0 Å². The van der Waals surface area contributed by atoms with Gasteiger partial charge < -0.3 is 15.4 Å². The van der Waals surface area contributed by atoms with Crippen molar-refractivity contribution in [1.82, 2.24) is 5.32 Å². The fraction of sp³-hybridized carbons (Fsp3) is 0.455. The van der Waals surface area contributed by atoms with Crippen molar-refractivity contribution in [3.63, 3.8) is 0 Å². The normalized spacial score (nSPS) is 10.2. The third-order valence-corrected chi connectivity index (χ3v) is 3.08. The monoisotopic (exact) mass is 256 g/mol. The van der Waals surface area contributed by atoms with Crippen molar-refractivity contribution in [2.45, 2.75) is 26.8 Å². The first-order valence-electron chi connectivity index (χ1n) is 5.19. The summed E-state index contributed by atoms with van der Waals surface area (Å²) in [4.78, 5) is 23.4. The second-order valence-electron chi connectivity index (χ2n) is 3.87. The van der Waals surface area contributed by atoms with E-state index in [2.05, 4.69) is 15.4 Å². The third-order valence-electron chi connectivity index (χ3n) is 2.00. The fourth-order valence-corrected chi connectivity index (χ4v) is 2.18. The summed E-state index contributed by atoms with van der Waals surface area (Å²) in [5.74, 6) is -0.442. The van der Waals surface area contributed by atoms with E-state index in [1.807, 2.05) is 20.8 Å². The maximum atomic E-state index is 11.6. The average molecular weight is 256 g/mol. The number of hydrogen-bond donors (Lipinski definition) is 2. The molecule has 17 heavy (non-hydrogen) atoms. The Bertz CT molecular complexity index is 426. The molecule has 1 aromatic rings. The number of thiophene rings is 1. The van der Waals surface area contributed by atoms with Crippen molar-refractivity contribution in [3.05, 3.63) is 15.8 Å². The highest BCUT2D eigenvalue weighted by atomic mass is 32.1. The number of carbonyl (C=O) groups excluding carboxylic acids is 2. The first-order valence-corrected chi connectivity index (χ1v) is 6.07. The van der Waals surface area contributed by atoms with Gasteiger partial charge in [0.15, 0.2) is 0 Å². The summed E-state index contributed by atoms with van der Waals surface area (Å²) in [7, 11) is 1.31. The summed E-state index contributed by atoms with van der Waals surface area (Å²) in [6.45, 7) is 5.55. The molecule has 2 amide bonds. The van der Waals surface area contributed by atoms with Crippen molar-refractivity contribution in [3.8, 4) is 0 Å². The summed E-state index contributed by atoms with van der Waals surface area (Å²) < 4.78 is 4.65. The molecule has 6 heteroatoms. The molecule has 5 nitrogen and oxygen atoms in total. The van der Waals surface area contributed by atoms with Gasteiger partial charge in [0.25, 0.3) is 0 Å². The van der Waals surface area contributed by atoms with Gasteiger partial charge in [0, 0.05) is 6.04 Å².